The van der Waals surface area contributed by atoms with Crippen molar-refractivity contribution in [3.8, 4) is 0 Å². The molecule has 4 heteroatoms. The first-order chi connectivity index (χ1) is 7.63. The number of fused-ring (bicyclic) bond motifs is 2. The van der Waals surface area contributed by atoms with Crippen LogP contribution in [0.1, 0.15) is 39.5 Å². The number of aliphatic hydroxyl groups is 1. The number of carbonyl (C=O) groups excluding carboxylic acids is 1. The highest BCUT2D eigenvalue weighted by molar-refractivity contribution is 5.75. The number of piperidine rings is 1. The molecule has 1 N–H and O–H groups in total. The van der Waals surface area contributed by atoms with E-state index in [2.05, 4.69) is 4.90 Å². The minimum absolute atomic E-state index is 0.129. The molecule has 2 aliphatic heterocycles. The van der Waals surface area contributed by atoms with Crippen LogP contribution < -0.4 is 0 Å². The molecule has 0 amide bonds. The van der Waals surface area contributed by atoms with Gasteiger partial charge in [-0.05, 0) is 39.5 Å². The van der Waals surface area contributed by atoms with E-state index in [0.29, 0.717) is 18.7 Å². The van der Waals surface area contributed by atoms with E-state index in [4.69, 9.17) is 4.74 Å². The molecule has 3 unspecified atom stereocenters. The maximum atomic E-state index is 11.7. The van der Waals surface area contributed by atoms with E-state index in [1.54, 1.807) is 0 Å². The summed E-state index contributed by atoms with van der Waals surface area (Å²) in [4.78, 5) is 14.0. The van der Waals surface area contributed by atoms with E-state index in [9.17, 15) is 9.90 Å². The fourth-order valence-corrected chi connectivity index (χ4v) is 3.20. The molecule has 0 aromatic carbocycles. The lowest BCUT2D eigenvalue weighted by Crippen LogP contribution is -2.52. The summed E-state index contributed by atoms with van der Waals surface area (Å²) in [6.45, 7) is 4.19. The minimum atomic E-state index is -0.178. The van der Waals surface area contributed by atoms with Crippen molar-refractivity contribution in [3.05, 3.63) is 0 Å². The van der Waals surface area contributed by atoms with Crippen LogP contribution in [0.4, 0.5) is 0 Å². The van der Waals surface area contributed by atoms with Gasteiger partial charge in [-0.15, -0.1) is 0 Å². The van der Waals surface area contributed by atoms with Gasteiger partial charge in [0.15, 0.2) is 0 Å². The van der Waals surface area contributed by atoms with Gasteiger partial charge >= 0.3 is 5.97 Å². The number of carbonyl (C=O) groups is 1. The molecule has 0 aromatic rings. The van der Waals surface area contributed by atoms with E-state index in [-0.39, 0.29) is 18.1 Å². The van der Waals surface area contributed by atoms with Crippen LogP contribution in [0.2, 0.25) is 0 Å². The quantitative estimate of drug-likeness (QED) is 0.729. The zero-order valence-corrected chi connectivity index (χ0v) is 10.1. The van der Waals surface area contributed by atoms with Gasteiger partial charge in [0.05, 0.1) is 12.7 Å². The van der Waals surface area contributed by atoms with Crippen LogP contribution in [-0.2, 0) is 9.53 Å². The van der Waals surface area contributed by atoms with Crippen LogP contribution in [-0.4, -0.2) is 46.8 Å². The fourth-order valence-electron chi connectivity index (χ4n) is 3.20. The summed E-state index contributed by atoms with van der Waals surface area (Å²) < 4.78 is 5.07. The van der Waals surface area contributed by atoms with E-state index in [1.165, 1.54) is 0 Å². The fraction of sp³-hybridized carbons (Fsp3) is 0.917. The normalized spacial score (nSPS) is 36.1. The highest BCUT2D eigenvalue weighted by atomic mass is 16.5. The number of esters is 1. The maximum absolute atomic E-state index is 11.7. The van der Waals surface area contributed by atoms with Gasteiger partial charge in [-0.1, -0.05) is 0 Å². The first-order valence-corrected chi connectivity index (χ1v) is 6.25. The summed E-state index contributed by atoms with van der Waals surface area (Å²) in [5, 5.41) is 9.69. The van der Waals surface area contributed by atoms with Crippen LogP contribution in [0, 0.1) is 0 Å². The Hall–Kier alpha value is -0.610. The second-order valence-corrected chi connectivity index (χ2v) is 4.89. The van der Waals surface area contributed by atoms with E-state index in [1.807, 2.05) is 13.8 Å². The molecule has 2 saturated heterocycles. The Morgan fingerprint density at radius 3 is 2.50 bits per heavy atom. The standard InChI is InChI=1S/C12H21NO3/c1-3-16-12(15)8(2)13-9-4-5-10(13)7-11(14)6-9/h8-11,14H,3-7H2,1-2H3. The molecule has 2 bridgehead atoms. The van der Waals surface area contributed by atoms with Crippen molar-refractivity contribution in [2.75, 3.05) is 6.61 Å². The molecule has 3 atom stereocenters. The average Bonchev–Trinajstić information content (AvgIpc) is 2.50. The molecule has 2 heterocycles. The topological polar surface area (TPSA) is 49.8 Å². The smallest absolute Gasteiger partial charge is 0.323 e. The summed E-state index contributed by atoms with van der Waals surface area (Å²) >= 11 is 0. The van der Waals surface area contributed by atoms with Gasteiger partial charge in [0, 0.05) is 12.1 Å². The van der Waals surface area contributed by atoms with Gasteiger partial charge in [-0.2, -0.15) is 0 Å². The second-order valence-electron chi connectivity index (χ2n) is 4.89. The average molecular weight is 227 g/mol. The SMILES string of the molecule is CCOC(=O)C(C)N1C2CCC1CC(O)C2. The Morgan fingerprint density at radius 2 is 2.00 bits per heavy atom. The summed E-state index contributed by atoms with van der Waals surface area (Å²) in [5.74, 6) is -0.129. The number of rotatable bonds is 3. The first-order valence-electron chi connectivity index (χ1n) is 6.25. The van der Waals surface area contributed by atoms with Crippen LogP contribution >= 0.6 is 0 Å². The molecule has 0 spiro atoms. The van der Waals surface area contributed by atoms with Gasteiger partial charge < -0.3 is 9.84 Å². The lowest BCUT2D eigenvalue weighted by atomic mass is 9.98. The Bertz CT molecular complexity index is 255. The summed E-state index contributed by atoms with van der Waals surface area (Å²) in [7, 11) is 0. The van der Waals surface area contributed by atoms with Gasteiger partial charge in [-0.25, -0.2) is 0 Å². The molecular formula is C12H21NO3. The summed E-state index contributed by atoms with van der Waals surface area (Å²) in [6.07, 6.45) is 3.64. The van der Waals surface area contributed by atoms with Crippen molar-refractivity contribution in [2.45, 2.75) is 63.8 Å². The Labute approximate surface area is 96.6 Å². The first kappa shape index (κ1) is 11.9. The molecule has 0 saturated carbocycles. The molecule has 2 aliphatic rings. The predicted molar refractivity (Wildman–Crippen MR) is 60.0 cm³/mol. The molecular weight excluding hydrogens is 206 g/mol. The molecule has 0 aromatic heterocycles. The Morgan fingerprint density at radius 1 is 1.44 bits per heavy atom. The highest BCUT2D eigenvalue weighted by Crippen LogP contribution is 2.37. The molecule has 4 nitrogen and oxygen atoms in total. The van der Waals surface area contributed by atoms with Gasteiger partial charge in [0.25, 0.3) is 0 Å². The van der Waals surface area contributed by atoms with Crippen molar-refractivity contribution >= 4 is 5.97 Å². The molecule has 92 valence electrons. The summed E-state index contributed by atoms with van der Waals surface area (Å²) in [5.41, 5.74) is 0. The Balaban J connectivity index is 2.02. The lowest BCUT2D eigenvalue weighted by Gasteiger charge is -2.39. The number of nitrogens with zero attached hydrogens (tertiary/aromatic N) is 1. The maximum Gasteiger partial charge on any atom is 0.323 e. The predicted octanol–water partition coefficient (Wildman–Crippen LogP) is 0.926. The van der Waals surface area contributed by atoms with E-state index in [0.717, 1.165) is 25.7 Å². The van der Waals surface area contributed by atoms with Crippen molar-refractivity contribution in [1.29, 1.82) is 0 Å². The van der Waals surface area contributed by atoms with E-state index >= 15 is 0 Å². The van der Waals surface area contributed by atoms with Crippen LogP contribution in [0.15, 0.2) is 0 Å². The van der Waals surface area contributed by atoms with Crippen LogP contribution in [0.3, 0.4) is 0 Å². The van der Waals surface area contributed by atoms with Gasteiger partial charge in [-0.3, -0.25) is 9.69 Å². The number of aliphatic hydroxyl groups excluding tert-OH is 1. The number of hydrogen-bond donors (Lipinski definition) is 1. The molecule has 16 heavy (non-hydrogen) atoms. The lowest BCUT2D eigenvalue weighted by molar-refractivity contribution is -0.151. The second kappa shape index (κ2) is 4.72. The number of ether oxygens (including phenoxy) is 1. The third kappa shape index (κ3) is 2.09. The molecule has 2 rings (SSSR count). The van der Waals surface area contributed by atoms with Crippen molar-refractivity contribution in [3.63, 3.8) is 0 Å². The monoisotopic (exact) mass is 227 g/mol. The largest absolute Gasteiger partial charge is 0.465 e. The van der Waals surface area contributed by atoms with Crippen LogP contribution in [0.25, 0.3) is 0 Å². The number of hydrogen-bond acceptors (Lipinski definition) is 4. The third-order valence-corrected chi connectivity index (χ3v) is 3.84. The molecule has 0 radical (unpaired) electrons. The van der Waals surface area contributed by atoms with Gasteiger partial charge in [0.1, 0.15) is 6.04 Å². The zero-order chi connectivity index (χ0) is 11.7. The van der Waals surface area contributed by atoms with E-state index < -0.39 is 0 Å². The third-order valence-electron chi connectivity index (χ3n) is 3.84. The van der Waals surface area contributed by atoms with Crippen molar-refractivity contribution in [1.82, 2.24) is 4.90 Å². The molecule has 2 fully saturated rings. The van der Waals surface area contributed by atoms with Crippen molar-refractivity contribution in [2.24, 2.45) is 0 Å². The molecule has 0 aliphatic carbocycles. The summed E-state index contributed by atoms with van der Waals surface area (Å²) in [6, 6.07) is 0.575. The zero-order valence-electron chi connectivity index (χ0n) is 10.1. The minimum Gasteiger partial charge on any atom is -0.465 e. The van der Waals surface area contributed by atoms with Crippen LogP contribution in [0.5, 0.6) is 0 Å². The highest BCUT2D eigenvalue weighted by Gasteiger charge is 2.44. The van der Waals surface area contributed by atoms with Gasteiger partial charge in [0.2, 0.25) is 0 Å². The van der Waals surface area contributed by atoms with Crippen molar-refractivity contribution < 1.29 is 14.6 Å². The Kier molecular flexibility index (Phi) is 3.50.